The lowest BCUT2D eigenvalue weighted by Crippen LogP contribution is -2.35. The molecule has 3 rings (SSSR count). The lowest BCUT2D eigenvalue weighted by atomic mass is 10.0. The first-order valence-corrected chi connectivity index (χ1v) is 8.35. The SMILES string of the molecule is CCC(c1ccncc1)N(CC)C(=O)c1cccc2c1OCCO2. The zero-order valence-corrected chi connectivity index (χ0v) is 14.1. The number of fused-ring (bicyclic) bond motifs is 1. The molecule has 0 aliphatic carbocycles. The molecule has 1 atom stereocenters. The van der Waals surface area contributed by atoms with Gasteiger partial charge in [0.2, 0.25) is 0 Å². The maximum Gasteiger partial charge on any atom is 0.258 e. The fourth-order valence-electron chi connectivity index (χ4n) is 3.12. The Balaban J connectivity index is 1.95. The van der Waals surface area contributed by atoms with E-state index in [-0.39, 0.29) is 11.9 Å². The molecule has 126 valence electrons. The van der Waals surface area contributed by atoms with Crippen molar-refractivity contribution in [1.29, 1.82) is 0 Å². The Hall–Kier alpha value is -2.56. The van der Waals surface area contributed by atoms with E-state index in [1.165, 1.54) is 0 Å². The van der Waals surface area contributed by atoms with Crippen LogP contribution in [-0.4, -0.2) is 35.5 Å². The van der Waals surface area contributed by atoms with Crippen LogP contribution in [0.3, 0.4) is 0 Å². The summed E-state index contributed by atoms with van der Waals surface area (Å²) in [5.74, 6) is 1.15. The summed E-state index contributed by atoms with van der Waals surface area (Å²) in [6, 6.07) is 9.40. The van der Waals surface area contributed by atoms with Gasteiger partial charge in [0, 0.05) is 18.9 Å². The van der Waals surface area contributed by atoms with Crippen LogP contribution in [0, 0.1) is 0 Å². The molecular weight excluding hydrogens is 304 g/mol. The second-order valence-corrected chi connectivity index (χ2v) is 5.63. The van der Waals surface area contributed by atoms with Gasteiger partial charge in [-0.15, -0.1) is 0 Å². The van der Waals surface area contributed by atoms with Crippen molar-refractivity contribution in [2.75, 3.05) is 19.8 Å². The average molecular weight is 326 g/mol. The monoisotopic (exact) mass is 326 g/mol. The standard InChI is InChI=1S/C19H22N2O3/c1-3-16(14-8-10-20-11-9-14)21(4-2)19(22)15-6-5-7-17-18(15)24-13-12-23-17/h5-11,16H,3-4,12-13H2,1-2H3. The van der Waals surface area contributed by atoms with Gasteiger partial charge in [0.1, 0.15) is 13.2 Å². The smallest absolute Gasteiger partial charge is 0.258 e. The van der Waals surface area contributed by atoms with Crippen molar-refractivity contribution >= 4 is 5.91 Å². The quantitative estimate of drug-likeness (QED) is 0.844. The number of carbonyl (C=O) groups is 1. The van der Waals surface area contributed by atoms with E-state index in [4.69, 9.17) is 9.47 Å². The number of rotatable bonds is 5. The van der Waals surface area contributed by atoms with Gasteiger partial charge in [-0.1, -0.05) is 13.0 Å². The minimum atomic E-state index is -0.0384. The zero-order valence-electron chi connectivity index (χ0n) is 14.1. The number of nitrogens with zero attached hydrogens (tertiary/aromatic N) is 2. The Morgan fingerprint density at radius 1 is 1.17 bits per heavy atom. The summed E-state index contributed by atoms with van der Waals surface area (Å²) in [5, 5.41) is 0. The Labute approximate surface area is 142 Å². The number of pyridine rings is 1. The van der Waals surface area contributed by atoms with E-state index in [0.717, 1.165) is 12.0 Å². The fraction of sp³-hybridized carbons (Fsp3) is 0.368. The third-order valence-electron chi connectivity index (χ3n) is 4.25. The highest BCUT2D eigenvalue weighted by Gasteiger charge is 2.28. The van der Waals surface area contributed by atoms with Gasteiger partial charge in [-0.05, 0) is 43.2 Å². The van der Waals surface area contributed by atoms with Crippen molar-refractivity contribution in [1.82, 2.24) is 9.88 Å². The summed E-state index contributed by atoms with van der Waals surface area (Å²) in [6.07, 6.45) is 4.35. The highest BCUT2D eigenvalue weighted by atomic mass is 16.6. The van der Waals surface area contributed by atoms with Crippen molar-refractivity contribution in [3.8, 4) is 11.5 Å². The molecule has 5 heteroatoms. The van der Waals surface area contributed by atoms with Crippen LogP contribution >= 0.6 is 0 Å². The third kappa shape index (κ3) is 3.07. The number of ether oxygens (including phenoxy) is 2. The number of hydrogen-bond acceptors (Lipinski definition) is 4. The second-order valence-electron chi connectivity index (χ2n) is 5.63. The minimum absolute atomic E-state index is 0.00543. The van der Waals surface area contributed by atoms with E-state index in [9.17, 15) is 4.79 Å². The van der Waals surface area contributed by atoms with Crippen LogP contribution in [0.1, 0.15) is 42.2 Å². The van der Waals surface area contributed by atoms with E-state index in [1.807, 2.05) is 36.1 Å². The summed E-state index contributed by atoms with van der Waals surface area (Å²) < 4.78 is 11.3. The Bertz CT molecular complexity index is 703. The van der Waals surface area contributed by atoms with E-state index in [2.05, 4.69) is 11.9 Å². The molecule has 0 saturated carbocycles. The number of carbonyl (C=O) groups excluding carboxylic acids is 1. The molecule has 0 N–H and O–H groups in total. The lowest BCUT2D eigenvalue weighted by molar-refractivity contribution is 0.0672. The molecule has 0 radical (unpaired) electrons. The fourth-order valence-corrected chi connectivity index (χ4v) is 3.12. The van der Waals surface area contributed by atoms with Crippen LogP contribution in [0.4, 0.5) is 0 Å². The molecular formula is C19H22N2O3. The molecule has 0 spiro atoms. The first-order chi connectivity index (χ1) is 11.8. The highest BCUT2D eigenvalue weighted by Crippen LogP contribution is 2.36. The van der Waals surface area contributed by atoms with Crippen molar-refractivity contribution in [3.63, 3.8) is 0 Å². The molecule has 1 aromatic carbocycles. The second kappa shape index (κ2) is 7.34. The van der Waals surface area contributed by atoms with E-state index >= 15 is 0 Å². The molecule has 1 unspecified atom stereocenters. The average Bonchev–Trinajstić information content (AvgIpc) is 2.65. The molecule has 1 amide bonds. The number of hydrogen-bond donors (Lipinski definition) is 0. The van der Waals surface area contributed by atoms with E-state index < -0.39 is 0 Å². The van der Waals surface area contributed by atoms with Crippen molar-refractivity contribution in [3.05, 3.63) is 53.9 Å². The zero-order chi connectivity index (χ0) is 16.9. The van der Waals surface area contributed by atoms with Crippen molar-refractivity contribution in [2.45, 2.75) is 26.3 Å². The van der Waals surface area contributed by atoms with Gasteiger partial charge in [0.25, 0.3) is 5.91 Å². The van der Waals surface area contributed by atoms with Crippen LogP contribution in [-0.2, 0) is 0 Å². The molecule has 2 aromatic rings. The molecule has 24 heavy (non-hydrogen) atoms. The van der Waals surface area contributed by atoms with Gasteiger partial charge in [0.05, 0.1) is 11.6 Å². The van der Waals surface area contributed by atoms with Crippen LogP contribution in [0.25, 0.3) is 0 Å². The van der Waals surface area contributed by atoms with Gasteiger partial charge in [-0.2, -0.15) is 0 Å². The molecule has 0 fully saturated rings. The van der Waals surface area contributed by atoms with Gasteiger partial charge < -0.3 is 14.4 Å². The molecule has 2 heterocycles. The largest absolute Gasteiger partial charge is 0.486 e. The summed E-state index contributed by atoms with van der Waals surface area (Å²) >= 11 is 0. The minimum Gasteiger partial charge on any atom is -0.486 e. The normalized spacial score (nSPS) is 14.1. The lowest BCUT2D eigenvalue weighted by Gasteiger charge is -2.31. The summed E-state index contributed by atoms with van der Waals surface area (Å²) in [7, 11) is 0. The number of benzene rings is 1. The van der Waals surface area contributed by atoms with Crippen LogP contribution in [0.5, 0.6) is 11.5 Å². The Kier molecular flexibility index (Phi) is 4.99. The maximum absolute atomic E-state index is 13.2. The molecule has 1 aromatic heterocycles. The molecule has 0 saturated heterocycles. The third-order valence-corrected chi connectivity index (χ3v) is 4.25. The predicted octanol–water partition coefficient (Wildman–Crippen LogP) is 3.47. The molecule has 1 aliphatic heterocycles. The van der Waals surface area contributed by atoms with Crippen LogP contribution in [0.2, 0.25) is 0 Å². The topological polar surface area (TPSA) is 51.7 Å². The first-order valence-electron chi connectivity index (χ1n) is 8.35. The van der Waals surface area contributed by atoms with Gasteiger partial charge in [-0.25, -0.2) is 0 Å². The van der Waals surface area contributed by atoms with Crippen LogP contribution in [0.15, 0.2) is 42.7 Å². The van der Waals surface area contributed by atoms with E-state index in [0.29, 0.717) is 36.8 Å². The molecule has 1 aliphatic rings. The summed E-state index contributed by atoms with van der Waals surface area (Å²) in [4.78, 5) is 19.1. The highest BCUT2D eigenvalue weighted by molar-refractivity contribution is 5.98. The van der Waals surface area contributed by atoms with Gasteiger partial charge >= 0.3 is 0 Å². The number of amides is 1. The van der Waals surface area contributed by atoms with Gasteiger partial charge in [0.15, 0.2) is 11.5 Å². The Morgan fingerprint density at radius 2 is 1.92 bits per heavy atom. The maximum atomic E-state index is 13.2. The van der Waals surface area contributed by atoms with Crippen LogP contribution < -0.4 is 9.47 Å². The number of para-hydroxylation sites is 1. The van der Waals surface area contributed by atoms with Crippen molar-refractivity contribution in [2.24, 2.45) is 0 Å². The predicted molar refractivity (Wildman–Crippen MR) is 91.4 cm³/mol. The summed E-state index contributed by atoms with van der Waals surface area (Å²) in [6.45, 7) is 5.67. The first kappa shape index (κ1) is 16.3. The van der Waals surface area contributed by atoms with Crippen molar-refractivity contribution < 1.29 is 14.3 Å². The summed E-state index contributed by atoms with van der Waals surface area (Å²) in [5.41, 5.74) is 1.64. The number of aromatic nitrogens is 1. The molecule has 5 nitrogen and oxygen atoms in total. The van der Waals surface area contributed by atoms with Gasteiger partial charge in [-0.3, -0.25) is 9.78 Å². The molecule has 0 bridgehead atoms. The van der Waals surface area contributed by atoms with E-state index in [1.54, 1.807) is 18.5 Å². The Morgan fingerprint density at radius 3 is 2.62 bits per heavy atom.